The number of aromatic nitrogens is 2. The van der Waals surface area contributed by atoms with Gasteiger partial charge in [-0.05, 0) is 42.7 Å². The van der Waals surface area contributed by atoms with Crippen molar-refractivity contribution in [2.75, 3.05) is 26.6 Å². The van der Waals surface area contributed by atoms with E-state index in [2.05, 4.69) is 12.1 Å². The Morgan fingerprint density at radius 3 is 2.59 bits per heavy atom. The van der Waals surface area contributed by atoms with Crippen LogP contribution in [0.1, 0.15) is 12.0 Å². The van der Waals surface area contributed by atoms with Crippen LogP contribution in [-0.2, 0) is 17.7 Å². The summed E-state index contributed by atoms with van der Waals surface area (Å²) in [5, 5.41) is 1.43. The maximum absolute atomic E-state index is 12.9. The Labute approximate surface area is 163 Å². The van der Waals surface area contributed by atoms with E-state index in [0.717, 1.165) is 35.0 Å². The summed E-state index contributed by atoms with van der Waals surface area (Å²) in [5.41, 5.74) is 2.00. The van der Waals surface area contributed by atoms with E-state index in [0.29, 0.717) is 18.5 Å². The van der Waals surface area contributed by atoms with E-state index >= 15 is 0 Å². The molecule has 27 heavy (non-hydrogen) atoms. The zero-order chi connectivity index (χ0) is 19.1. The number of aryl methyl sites for hydroxylation is 1. The third-order valence-electron chi connectivity index (χ3n) is 4.34. The largest absolute Gasteiger partial charge is 0.497 e. The molecular weight excluding hydrogens is 360 g/mol. The molecule has 0 fully saturated rings. The van der Waals surface area contributed by atoms with Crippen LogP contribution in [0.4, 0.5) is 0 Å². The van der Waals surface area contributed by atoms with Crippen molar-refractivity contribution in [3.8, 4) is 5.75 Å². The number of rotatable bonds is 9. The summed E-state index contributed by atoms with van der Waals surface area (Å²) >= 11 is 1.62. The molecule has 0 aliphatic rings. The smallest absolute Gasteiger partial charge is 0.262 e. The van der Waals surface area contributed by atoms with E-state index in [9.17, 15) is 4.79 Å². The second-order valence-electron chi connectivity index (χ2n) is 6.16. The molecule has 5 nitrogen and oxygen atoms in total. The zero-order valence-electron chi connectivity index (χ0n) is 15.7. The molecule has 0 radical (unpaired) electrons. The van der Waals surface area contributed by atoms with Gasteiger partial charge in [0, 0.05) is 26.0 Å². The highest BCUT2D eigenvalue weighted by atomic mass is 32.2. The Bertz CT molecular complexity index is 938. The molecule has 0 amide bonds. The van der Waals surface area contributed by atoms with Crippen molar-refractivity contribution >= 4 is 22.7 Å². The Hall–Kier alpha value is -2.31. The normalized spacial score (nSPS) is 11.0. The van der Waals surface area contributed by atoms with Gasteiger partial charge in [0.2, 0.25) is 0 Å². The highest BCUT2D eigenvalue weighted by Crippen LogP contribution is 2.20. The first-order valence-electron chi connectivity index (χ1n) is 8.97. The van der Waals surface area contributed by atoms with Crippen molar-refractivity contribution in [2.24, 2.45) is 0 Å². The van der Waals surface area contributed by atoms with Gasteiger partial charge < -0.3 is 9.47 Å². The van der Waals surface area contributed by atoms with Gasteiger partial charge in [0.25, 0.3) is 5.56 Å². The topological polar surface area (TPSA) is 53.4 Å². The molecule has 3 aromatic rings. The number of fused-ring (bicyclic) bond motifs is 1. The first-order valence-corrected chi connectivity index (χ1v) is 9.95. The summed E-state index contributed by atoms with van der Waals surface area (Å²) in [4.78, 5) is 17.6. The summed E-state index contributed by atoms with van der Waals surface area (Å²) in [7, 11) is 3.34. The number of para-hydroxylation sites is 1. The van der Waals surface area contributed by atoms with Crippen molar-refractivity contribution in [1.29, 1.82) is 0 Å². The van der Waals surface area contributed by atoms with Gasteiger partial charge in [-0.25, -0.2) is 4.98 Å². The lowest BCUT2D eigenvalue weighted by atomic mass is 10.2. The van der Waals surface area contributed by atoms with Crippen LogP contribution < -0.4 is 10.3 Å². The van der Waals surface area contributed by atoms with E-state index in [1.165, 1.54) is 5.56 Å². The molecular formula is C21H24N2O3S. The van der Waals surface area contributed by atoms with Crippen LogP contribution in [0.2, 0.25) is 0 Å². The van der Waals surface area contributed by atoms with Crippen LogP contribution in [-0.4, -0.2) is 36.1 Å². The summed E-state index contributed by atoms with van der Waals surface area (Å²) in [6.45, 7) is 1.23. The maximum atomic E-state index is 12.9. The minimum Gasteiger partial charge on any atom is -0.497 e. The quantitative estimate of drug-likeness (QED) is 0.319. The molecule has 0 atom stereocenters. The summed E-state index contributed by atoms with van der Waals surface area (Å²) in [5.74, 6) is 1.70. The molecule has 3 rings (SSSR count). The Balaban J connectivity index is 1.78. The molecule has 2 aromatic carbocycles. The van der Waals surface area contributed by atoms with Gasteiger partial charge in [-0.15, -0.1) is 0 Å². The minimum atomic E-state index is 0.0173. The van der Waals surface area contributed by atoms with Gasteiger partial charge in [0.1, 0.15) is 5.75 Å². The summed E-state index contributed by atoms with van der Waals surface area (Å²) < 4.78 is 12.1. The fraction of sp³-hybridized carbons (Fsp3) is 0.333. The number of hydrogen-bond acceptors (Lipinski definition) is 5. The molecule has 0 saturated heterocycles. The number of benzene rings is 2. The zero-order valence-corrected chi connectivity index (χ0v) is 16.5. The Morgan fingerprint density at radius 2 is 1.85 bits per heavy atom. The summed E-state index contributed by atoms with van der Waals surface area (Å²) in [6, 6.07) is 15.6. The number of hydrogen-bond donors (Lipinski definition) is 0. The second kappa shape index (κ2) is 9.58. The average Bonchev–Trinajstić information content (AvgIpc) is 2.71. The third-order valence-corrected chi connectivity index (χ3v) is 5.32. The van der Waals surface area contributed by atoms with Gasteiger partial charge >= 0.3 is 0 Å². The number of methoxy groups -OCH3 is 2. The highest BCUT2D eigenvalue weighted by molar-refractivity contribution is 7.99. The fourth-order valence-electron chi connectivity index (χ4n) is 2.87. The summed E-state index contributed by atoms with van der Waals surface area (Å²) in [6.07, 6.45) is 1.68. The van der Waals surface area contributed by atoms with Crippen molar-refractivity contribution in [3.05, 3.63) is 64.4 Å². The Kier molecular flexibility index (Phi) is 6.90. The molecule has 6 heteroatoms. The monoisotopic (exact) mass is 384 g/mol. The van der Waals surface area contributed by atoms with E-state index in [1.807, 2.05) is 36.4 Å². The van der Waals surface area contributed by atoms with Crippen LogP contribution in [0.25, 0.3) is 10.9 Å². The average molecular weight is 385 g/mol. The van der Waals surface area contributed by atoms with Gasteiger partial charge in [0.05, 0.1) is 18.0 Å². The van der Waals surface area contributed by atoms with Crippen LogP contribution >= 0.6 is 11.8 Å². The van der Waals surface area contributed by atoms with Crippen LogP contribution in [0.5, 0.6) is 5.75 Å². The molecule has 1 aromatic heterocycles. The van der Waals surface area contributed by atoms with E-state index in [-0.39, 0.29) is 5.56 Å². The Morgan fingerprint density at radius 1 is 1.07 bits per heavy atom. The molecule has 0 saturated carbocycles. The maximum Gasteiger partial charge on any atom is 0.262 e. The number of thioether (sulfide) groups is 1. The van der Waals surface area contributed by atoms with Crippen LogP contribution in [0.15, 0.2) is 58.5 Å². The second-order valence-corrected chi connectivity index (χ2v) is 7.22. The van der Waals surface area contributed by atoms with E-state index < -0.39 is 0 Å². The fourth-order valence-corrected chi connectivity index (χ4v) is 3.89. The van der Waals surface area contributed by atoms with Crippen molar-refractivity contribution in [1.82, 2.24) is 9.55 Å². The van der Waals surface area contributed by atoms with Gasteiger partial charge in [0.15, 0.2) is 5.16 Å². The lowest BCUT2D eigenvalue weighted by Gasteiger charge is -2.13. The van der Waals surface area contributed by atoms with Gasteiger partial charge in [-0.3, -0.25) is 9.36 Å². The molecule has 142 valence electrons. The van der Waals surface area contributed by atoms with E-state index in [4.69, 9.17) is 14.5 Å². The molecule has 0 unspecified atom stereocenters. The van der Waals surface area contributed by atoms with Crippen molar-refractivity contribution in [3.63, 3.8) is 0 Å². The van der Waals surface area contributed by atoms with Gasteiger partial charge in [-0.2, -0.15) is 0 Å². The third kappa shape index (κ3) is 4.90. The molecule has 0 aliphatic carbocycles. The minimum absolute atomic E-state index is 0.0173. The molecule has 1 heterocycles. The molecule has 0 aliphatic heterocycles. The standard InChI is InChI=1S/C21H24N2O3S/c1-25-14-5-13-23-20(24)18-6-3-4-7-19(18)22-21(23)27-15-12-16-8-10-17(26-2)11-9-16/h3-4,6-11H,5,12-15H2,1-2H3. The van der Waals surface area contributed by atoms with Gasteiger partial charge in [-0.1, -0.05) is 36.0 Å². The number of nitrogens with zero attached hydrogens (tertiary/aromatic N) is 2. The number of ether oxygens (including phenoxy) is 2. The predicted octanol–water partition coefficient (Wildman–Crippen LogP) is 3.78. The first kappa shape index (κ1) is 19.5. The lowest BCUT2D eigenvalue weighted by molar-refractivity contribution is 0.189. The van der Waals surface area contributed by atoms with Crippen molar-refractivity contribution < 1.29 is 9.47 Å². The van der Waals surface area contributed by atoms with Crippen LogP contribution in [0.3, 0.4) is 0 Å². The van der Waals surface area contributed by atoms with Crippen LogP contribution in [0, 0.1) is 0 Å². The molecule has 0 bridgehead atoms. The SMILES string of the molecule is COCCCn1c(SCCc2ccc(OC)cc2)nc2ccccc2c1=O. The molecule has 0 spiro atoms. The first-order chi connectivity index (χ1) is 13.2. The highest BCUT2D eigenvalue weighted by Gasteiger charge is 2.11. The molecule has 0 N–H and O–H groups in total. The van der Waals surface area contributed by atoms with Crippen molar-refractivity contribution in [2.45, 2.75) is 24.5 Å². The predicted molar refractivity (Wildman–Crippen MR) is 110 cm³/mol. The van der Waals surface area contributed by atoms with E-state index in [1.54, 1.807) is 30.5 Å². The lowest BCUT2D eigenvalue weighted by Crippen LogP contribution is -2.24.